The first-order valence-electron chi connectivity index (χ1n) is 10.8. The molecule has 0 fully saturated rings. The molecule has 3 aromatic rings. The fraction of sp³-hybridized carbons (Fsp3) is 0.143. The van der Waals surface area contributed by atoms with Gasteiger partial charge < -0.3 is 0 Å². The van der Waals surface area contributed by atoms with Crippen LogP contribution in [0, 0.1) is 23.3 Å². The SMILES string of the molecule is CCCCC(=O)c1ccc(/C=C/c2c(F)c(F)c(/C=C/c3ccc(C=O)cc3)c(F)c2F)cc1. The molecule has 0 N–H and O–H groups in total. The first kappa shape index (κ1) is 24.8. The molecule has 174 valence electrons. The summed E-state index contributed by atoms with van der Waals surface area (Å²) >= 11 is 0. The molecule has 0 radical (unpaired) electrons. The third-order valence-electron chi connectivity index (χ3n) is 5.28. The van der Waals surface area contributed by atoms with Crippen LogP contribution < -0.4 is 0 Å². The van der Waals surface area contributed by atoms with E-state index in [0.717, 1.165) is 25.0 Å². The van der Waals surface area contributed by atoms with Crippen molar-refractivity contribution in [2.45, 2.75) is 26.2 Å². The van der Waals surface area contributed by atoms with Crippen LogP contribution in [0.1, 0.15) is 69.2 Å². The summed E-state index contributed by atoms with van der Waals surface area (Å²) in [5.74, 6) is -6.07. The molecule has 0 saturated carbocycles. The second-order valence-corrected chi connectivity index (χ2v) is 7.68. The lowest BCUT2D eigenvalue weighted by Crippen LogP contribution is -2.03. The smallest absolute Gasteiger partial charge is 0.169 e. The summed E-state index contributed by atoms with van der Waals surface area (Å²) in [6.45, 7) is 1.99. The Labute approximate surface area is 195 Å². The third kappa shape index (κ3) is 5.76. The Morgan fingerprint density at radius 3 is 1.50 bits per heavy atom. The first-order chi connectivity index (χ1) is 16.3. The Morgan fingerprint density at radius 2 is 1.09 bits per heavy atom. The lowest BCUT2D eigenvalue weighted by Gasteiger charge is -2.07. The van der Waals surface area contributed by atoms with Crippen LogP contribution in [-0.2, 0) is 0 Å². The Balaban J connectivity index is 1.84. The van der Waals surface area contributed by atoms with E-state index in [1.807, 2.05) is 6.92 Å². The number of hydrogen-bond donors (Lipinski definition) is 0. The molecule has 0 amide bonds. The molecule has 0 aliphatic rings. The van der Waals surface area contributed by atoms with Crippen LogP contribution in [0.15, 0.2) is 48.5 Å². The fourth-order valence-electron chi connectivity index (χ4n) is 3.26. The molecule has 0 bridgehead atoms. The van der Waals surface area contributed by atoms with E-state index >= 15 is 0 Å². The van der Waals surface area contributed by atoms with Gasteiger partial charge in [0.2, 0.25) is 0 Å². The molecular formula is C28H22F4O2. The Hall–Kier alpha value is -3.80. The molecule has 34 heavy (non-hydrogen) atoms. The van der Waals surface area contributed by atoms with E-state index in [1.165, 1.54) is 36.4 Å². The van der Waals surface area contributed by atoms with Crippen molar-refractivity contribution in [3.05, 3.63) is 105 Å². The molecule has 3 rings (SSSR count). The molecule has 0 aliphatic carbocycles. The summed E-state index contributed by atoms with van der Waals surface area (Å²) in [6.07, 6.45) is 7.26. The number of benzene rings is 3. The van der Waals surface area contributed by atoms with Crippen molar-refractivity contribution < 1.29 is 27.2 Å². The zero-order valence-electron chi connectivity index (χ0n) is 18.5. The number of aldehydes is 1. The first-order valence-corrected chi connectivity index (χ1v) is 10.8. The monoisotopic (exact) mass is 466 g/mol. The van der Waals surface area contributed by atoms with Crippen LogP contribution in [0.2, 0.25) is 0 Å². The van der Waals surface area contributed by atoms with Crippen LogP contribution in [0.4, 0.5) is 17.6 Å². The van der Waals surface area contributed by atoms with Crippen molar-refractivity contribution in [1.82, 2.24) is 0 Å². The van der Waals surface area contributed by atoms with Crippen molar-refractivity contribution in [3.8, 4) is 0 Å². The van der Waals surface area contributed by atoms with Crippen LogP contribution in [-0.4, -0.2) is 12.1 Å². The minimum absolute atomic E-state index is 0.00179. The van der Waals surface area contributed by atoms with E-state index in [1.54, 1.807) is 24.3 Å². The number of halogens is 4. The standard InChI is InChI=1S/C28H22F4O2/c1-2-3-4-24(34)21-13-9-19(10-14-21)12-16-23-27(31)25(29)22(26(30)28(23)32)15-11-18-5-7-20(17-33)8-6-18/h5-17H,2-4H2,1H3/b15-11+,16-12+. The number of hydrogen-bond acceptors (Lipinski definition) is 2. The summed E-state index contributed by atoms with van der Waals surface area (Å²) in [5, 5.41) is 0. The van der Waals surface area contributed by atoms with E-state index in [-0.39, 0.29) is 5.78 Å². The lowest BCUT2D eigenvalue weighted by atomic mass is 10.0. The number of unbranched alkanes of at least 4 members (excludes halogenated alkanes) is 1. The maximum atomic E-state index is 14.6. The summed E-state index contributed by atoms with van der Waals surface area (Å²) in [5.41, 5.74) is 0.254. The van der Waals surface area contributed by atoms with Crippen LogP contribution in [0.25, 0.3) is 24.3 Å². The van der Waals surface area contributed by atoms with E-state index < -0.39 is 34.4 Å². The van der Waals surface area contributed by atoms with Crippen LogP contribution in [0.3, 0.4) is 0 Å². The molecule has 2 nitrogen and oxygen atoms in total. The minimum Gasteiger partial charge on any atom is -0.298 e. The second kappa shape index (κ2) is 11.4. The van der Waals surface area contributed by atoms with Crippen molar-refractivity contribution >= 4 is 36.4 Å². The number of carbonyl (C=O) groups is 2. The summed E-state index contributed by atoms with van der Waals surface area (Å²) in [7, 11) is 0. The van der Waals surface area contributed by atoms with Gasteiger partial charge >= 0.3 is 0 Å². The number of rotatable bonds is 9. The Morgan fingerprint density at radius 1 is 0.676 bits per heavy atom. The lowest BCUT2D eigenvalue weighted by molar-refractivity contribution is 0.0979. The van der Waals surface area contributed by atoms with Crippen molar-refractivity contribution in [3.63, 3.8) is 0 Å². The number of Topliss-reactive ketones (excluding diaryl/α,β-unsaturated/α-hetero) is 1. The normalized spacial score (nSPS) is 11.4. The number of ketones is 1. The highest BCUT2D eigenvalue weighted by molar-refractivity contribution is 5.96. The maximum absolute atomic E-state index is 14.6. The quantitative estimate of drug-likeness (QED) is 0.106. The molecule has 0 aliphatic heterocycles. The summed E-state index contributed by atoms with van der Waals surface area (Å²) < 4.78 is 58.2. The average molecular weight is 466 g/mol. The van der Waals surface area contributed by atoms with Gasteiger partial charge in [-0.25, -0.2) is 17.6 Å². The molecule has 0 heterocycles. The maximum Gasteiger partial charge on any atom is 0.169 e. The summed E-state index contributed by atoms with van der Waals surface area (Å²) in [4.78, 5) is 22.7. The van der Waals surface area contributed by atoms with Gasteiger partial charge in [0.15, 0.2) is 29.1 Å². The van der Waals surface area contributed by atoms with Crippen LogP contribution >= 0.6 is 0 Å². The van der Waals surface area contributed by atoms with Gasteiger partial charge in [0.25, 0.3) is 0 Å². The highest BCUT2D eigenvalue weighted by Gasteiger charge is 2.22. The topological polar surface area (TPSA) is 34.1 Å². The van der Waals surface area contributed by atoms with Gasteiger partial charge in [0, 0.05) is 17.5 Å². The van der Waals surface area contributed by atoms with Gasteiger partial charge in [-0.15, -0.1) is 0 Å². The zero-order chi connectivity index (χ0) is 24.7. The Bertz CT molecular complexity index is 1210. The van der Waals surface area contributed by atoms with Gasteiger partial charge in [-0.1, -0.05) is 74.0 Å². The van der Waals surface area contributed by atoms with Crippen molar-refractivity contribution in [1.29, 1.82) is 0 Å². The van der Waals surface area contributed by atoms with Gasteiger partial charge in [-0.3, -0.25) is 9.59 Å². The minimum atomic E-state index is -1.52. The van der Waals surface area contributed by atoms with E-state index in [9.17, 15) is 27.2 Å². The Kier molecular flexibility index (Phi) is 8.30. The molecule has 0 aromatic heterocycles. The van der Waals surface area contributed by atoms with Crippen molar-refractivity contribution in [2.75, 3.05) is 0 Å². The predicted molar refractivity (Wildman–Crippen MR) is 126 cm³/mol. The average Bonchev–Trinajstić information content (AvgIpc) is 2.86. The third-order valence-corrected chi connectivity index (χ3v) is 5.28. The van der Waals surface area contributed by atoms with Gasteiger partial charge in [-0.05, 0) is 29.7 Å². The molecule has 0 saturated heterocycles. The molecule has 3 aromatic carbocycles. The highest BCUT2D eigenvalue weighted by atomic mass is 19.2. The number of carbonyl (C=O) groups excluding carboxylic acids is 2. The second-order valence-electron chi connectivity index (χ2n) is 7.68. The molecule has 0 atom stereocenters. The predicted octanol–water partition coefficient (Wildman–Crippen LogP) is 7.77. The highest BCUT2D eigenvalue weighted by Crippen LogP contribution is 2.27. The molecule has 0 spiro atoms. The van der Waals surface area contributed by atoms with Crippen LogP contribution in [0.5, 0.6) is 0 Å². The molecule has 0 unspecified atom stereocenters. The van der Waals surface area contributed by atoms with Gasteiger partial charge in [-0.2, -0.15) is 0 Å². The summed E-state index contributed by atoms with van der Waals surface area (Å²) in [6, 6.07) is 12.4. The van der Waals surface area contributed by atoms with E-state index in [0.29, 0.717) is 35.0 Å². The van der Waals surface area contributed by atoms with E-state index in [4.69, 9.17) is 0 Å². The van der Waals surface area contributed by atoms with Gasteiger partial charge in [0.05, 0.1) is 11.1 Å². The van der Waals surface area contributed by atoms with Gasteiger partial charge in [0.1, 0.15) is 6.29 Å². The molecular weight excluding hydrogens is 444 g/mol. The largest absolute Gasteiger partial charge is 0.298 e. The zero-order valence-corrected chi connectivity index (χ0v) is 18.5. The molecule has 6 heteroatoms. The van der Waals surface area contributed by atoms with Crippen molar-refractivity contribution in [2.24, 2.45) is 0 Å². The van der Waals surface area contributed by atoms with E-state index in [2.05, 4.69) is 0 Å². The fourth-order valence-corrected chi connectivity index (χ4v) is 3.26.